The van der Waals surface area contributed by atoms with Gasteiger partial charge in [-0.25, -0.2) is 9.66 Å². The van der Waals surface area contributed by atoms with E-state index in [9.17, 15) is 0 Å². The van der Waals surface area contributed by atoms with Crippen molar-refractivity contribution in [3.63, 3.8) is 0 Å². The van der Waals surface area contributed by atoms with Crippen LogP contribution >= 0.6 is 0 Å². The average molecular weight is 331 g/mol. The molecule has 0 unspecified atom stereocenters. The van der Waals surface area contributed by atoms with Gasteiger partial charge in [-0.2, -0.15) is 10.4 Å². The molecule has 0 bridgehead atoms. The molecule has 1 heterocycles. The SMILES string of the molecule is Cc1cn(N=Cc2ccc(OCc3ccc(C#N)cc3)cc2)c(N)n1. The van der Waals surface area contributed by atoms with Gasteiger partial charge in [0.1, 0.15) is 12.4 Å². The second kappa shape index (κ2) is 7.32. The Morgan fingerprint density at radius 2 is 1.92 bits per heavy atom. The Morgan fingerprint density at radius 1 is 1.20 bits per heavy atom. The molecular weight excluding hydrogens is 314 g/mol. The Balaban J connectivity index is 1.60. The number of aryl methyl sites for hydroxylation is 1. The molecule has 1 aromatic heterocycles. The van der Waals surface area contributed by atoms with Gasteiger partial charge in [0, 0.05) is 0 Å². The maximum absolute atomic E-state index is 8.79. The lowest BCUT2D eigenvalue weighted by Gasteiger charge is -2.06. The van der Waals surface area contributed by atoms with Crippen LogP contribution in [0.2, 0.25) is 0 Å². The molecule has 0 saturated carbocycles. The molecule has 25 heavy (non-hydrogen) atoms. The monoisotopic (exact) mass is 331 g/mol. The minimum Gasteiger partial charge on any atom is -0.489 e. The minimum atomic E-state index is 0.358. The van der Waals surface area contributed by atoms with Crippen molar-refractivity contribution in [2.75, 3.05) is 5.73 Å². The summed E-state index contributed by atoms with van der Waals surface area (Å²) >= 11 is 0. The van der Waals surface area contributed by atoms with Crippen molar-refractivity contribution in [2.24, 2.45) is 5.10 Å². The van der Waals surface area contributed by atoms with E-state index < -0.39 is 0 Å². The van der Waals surface area contributed by atoms with Gasteiger partial charge in [-0.05, 0) is 54.4 Å². The van der Waals surface area contributed by atoms with Gasteiger partial charge >= 0.3 is 0 Å². The summed E-state index contributed by atoms with van der Waals surface area (Å²) in [5.41, 5.74) is 9.14. The molecule has 3 aromatic rings. The number of nitrogen functional groups attached to an aromatic ring is 1. The van der Waals surface area contributed by atoms with Crippen molar-refractivity contribution in [3.8, 4) is 11.8 Å². The number of aromatic nitrogens is 2. The van der Waals surface area contributed by atoms with Gasteiger partial charge < -0.3 is 10.5 Å². The van der Waals surface area contributed by atoms with Gasteiger partial charge in [0.25, 0.3) is 0 Å². The van der Waals surface area contributed by atoms with E-state index in [1.165, 1.54) is 4.68 Å². The molecule has 0 atom stereocenters. The normalized spacial score (nSPS) is 10.7. The van der Waals surface area contributed by atoms with Crippen molar-refractivity contribution in [1.82, 2.24) is 9.66 Å². The lowest BCUT2D eigenvalue weighted by molar-refractivity contribution is 0.306. The van der Waals surface area contributed by atoms with Crippen LogP contribution in [0.1, 0.15) is 22.4 Å². The highest BCUT2D eigenvalue weighted by Crippen LogP contribution is 2.14. The highest BCUT2D eigenvalue weighted by molar-refractivity contribution is 5.79. The Bertz CT molecular complexity index is 918. The molecule has 3 rings (SSSR count). The Labute approximate surface area is 145 Å². The smallest absolute Gasteiger partial charge is 0.221 e. The molecule has 0 aliphatic rings. The summed E-state index contributed by atoms with van der Waals surface area (Å²) in [5, 5.41) is 13.1. The van der Waals surface area contributed by atoms with E-state index in [2.05, 4.69) is 16.2 Å². The second-order valence-corrected chi connectivity index (χ2v) is 5.50. The average Bonchev–Trinajstić information content (AvgIpc) is 2.97. The quantitative estimate of drug-likeness (QED) is 0.727. The van der Waals surface area contributed by atoms with Crippen LogP contribution in [0.25, 0.3) is 0 Å². The summed E-state index contributed by atoms with van der Waals surface area (Å²) in [7, 11) is 0. The summed E-state index contributed by atoms with van der Waals surface area (Å²) in [4.78, 5) is 4.09. The summed E-state index contributed by atoms with van der Waals surface area (Å²) in [6.45, 7) is 2.31. The van der Waals surface area contributed by atoms with Crippen LogP contribution in [0, 0.1) is 18.3 Å². The predicted octanol–water partition coefficient (Wildman–Crippen LogP) is 3.11. The number of imidazole rings is 1. The molecule has 2 aromatic carbocycles. The van der Waals surface area contributed by atoms with Gasteiger partial charge in [-0.3, -0.25) is 0 Å². The number of ether oxygens (including phenoxy) is 1. The van der Waals surface area contributed by atoms with E-state index in [1.807, 2.05) is 43.3 Å². The van der Waals surface area contributed by atoms with E-state index in [-0.39, 0.29) is 0 Å². The van der Waals surface area contributed by atoms with E-state index in [0.717, 1.165) is 22.6 Å². The molecule has 6 nitrogen and oxygen atoms in total. The maximum atomic E-state index is 8.79. The molecule has 6 heteroatoms. The summed E-state index contributed by atoms with van der Waals surface area (Å²) in [6.07, 6.45) is 3.47. The number of hydrogen-bond acceptors (Lipinski definition) is 5. The molecule has 0 fully saturated rings. The molecule has 0 radical (unpaired) electrons. The summed E-state index contributed by atoms with van der Waals surface area (Å²) in [5.74, 6) is 1.12. The fourth-order valence-corrected chi connectivity index (χ4v) is 2.22. The molecule has 0 aliphatic carbocycles. The second-order valence-electron chi connectivity index (χ2n) is 5.50. The first-order chi connectivity index (χ1) is 12.1. The van der Waals surface area contributed by atoms with Crippen molar-refractivity contribution in [1.29, 1.82) is 5.26 Å². The lowest BCUT2D eigenvalue weighted by Crippen LogP contribution is -1.97. The highest BCUT2D eigenvalue weighted by atomic mass is 16.5. The minimum absolute atomic E-state index is 0.358. The molecule has 124 valence electrons. The number of rotatable bonds is 5. The fraction of sp³-hybridized carbons (Fsp3) is 0.105. The van der Waals surface area contributed by atoms with E-state index in [0.29, 0.717) is 18.1 Å². The molecule has 0 saturated heterocycles. The third kappa shape index (κ3) is 4.24. The highest BCUT2D eigenvalue weighted by Gasteiger charge is 1.99. The molecule has 2 N–H and O–H groups in total. The van der Waals surface area contributed by atoms with Gasteiger partial charge in [0.15, 0.2) is 0 Å². The third-order valence-electron chi connectivity index (χ3n) is 3.53. The van der Waals surface area contributed by atoms with E-state index >= 15 is 0 Å². The van der Waals surface area contributed by atoms with Crippen molar-refractivity contribution >= 4 is 12.2 Å². The van der Waals surface area contributed by atoms with Crippen molar-refractivity contribution in [3.05, 3.63) is 77.1 Å². The summed E-state index contributed by atoms with van der Waals surface area (Å²) in [6, 6.07) is 17.0. The first-order valence-electron chi connectivity index (χ1n) is 7.72. The Kier molecular flexibility index (Phi) is 4.77. The predicted molar refractivity (Wildman–Crippen MR) is 96.3 cm³/mol. The van der Waals surface area contributed by atoms with Crippen LogP contribution in [0.15, 0.2) is 59.8 Å². The number of benzene rings is 2. The van der Waals surface area contributed by atoms with Crippen LogP contribution in [-0.4, -0.2) is 15.9 Å². The van der Waals surface area contributed by atoms with Crippen LogP contribution in [0.3, 0.4) is 0 Å². The number of nitrogens with zero attached hydrogens (tertiary/aromatic N) is 4. The van der Waals surface area contributed by atoms with Crippen molar-refractivity contribution < 1.29 is 4.74 Å². The maximum Gasteiger partial charge on any atom is 0.221 e. The van der Waals surface area contributed by atoms with E-state index in [1.54, 1.807) is 24.5 Å². The standard InChI is InChI=1S/C19H17N5O/c1-14-12-24(19(21)23-14)22-11-16-6-8-18(9-7-16)25-13-17-4-2-15(10-20)3-5-17/h2-9,11-12H,13H2,1H3,(H2,21,23). The van der Waals surface area contributed by atoms with Crippen LogP contribution in [-0.2, 0) is 6.61 Å². The zero-order chi connectivity index (χ0) is 17.6. The zero-order valence-corrected chi connectivity index (χ0v) is 13.8. The zero-order valence-electron chi connectivity index (χ0n) is 13.8. The topological polar surface area (TPSA) is 89.2 Å². The largest absolute Gasteiger partial charge is 0.489 e. The molecule has 0 aliphatic heterocycles. The third-order valence-corrected chi connectivity index (χ3v) is 3.53. The molecule has 0 spiro atoms. The Morgan fingerprint density at radius 3 is 2.52 bits per heavy atom. The number of nitriles is 1. The molecule has 0 amide bonds. The first-order valence-corrected chi connectivity index (χ1v) is 7.72. The number of nitrogens with two attached hydrogens (primary N) is 1. The first kappa shape index (κ1) is 16.3. The van der Waals surface area contributed by atoms with E-state index in [4.69, 9.17) is 15.7 Å². The van der Waals surface area contributed by atoms with Crippen LogP contribution < -0.4 is 10.5 Å². The van der Waals surface area contributed by atoms with Crippen molar-refractivity contribution in [2.45, 2.75) is 13.5 Å². The fourth-order valence-electron chi connectivity index (χ4n) is 2.22. The van der Waals surface area contributed by atoms with Gasteiger partial charge in [-0.1, -0.05) is 12.1 Å². The molecular formula is C19H17N5O. The number of anilines is 1. The Hall–Kier alpha value is -3.59. The van der Waals surface area contributed by atoms with Crippen LogP contribution in [0.5, 0.6) is 5.75 Å². The number of hydrogen-bond donors (Lipinski definition) is 1. The van der Waals surface area contributed by atoms with Gasteiger partial charge in [0.05, 0.1) is 29.7 Å². The van der Waals surface area contributed by atoms with Gasteiger partial charge in [-0.15, -0.1) is 0 Å². The van der Waals surface area contributed by atoms with Crippen LogP contribution in [0.4, 0.5) is 5.95 Å². The van der Waals surface area contributed by atoms with Gasteiger partial charge in [0.2, 0.25) is 5.95 Å². The lowest BCUT2D eigenvalue weighted by atomic mass is 10.1. The summed E-state index contributed by atoms with van der Waals surface area (Å²) < 4.78 is 7.28.